The van der Waals surface area contributed by atoms with E-state index >= 15 is 0 Å². The number of hydrogen-bond acceptors (Lipinski definition) is 3. The van der Waals surface area contributed by atoms with E-state index in [4.69, 9.17) is 0 Å². The highest BCUT2D eigenvalue weighted by atomic mass is 79.9. The van der Waals surface area contributed by atoms with E-state index < -0.39 is 11.4 Å². The molecule has 0 aliphatic carbocycles. The summed E-state index contributed by atoms with van der Waals surface area (Å²) in [7, 11) is 0. The fraction of sp³-hybridized carbons (Fsp3) is 0.500. The van der Waals surface area contributed by atoms with E-state index in [1.165, 1.54) is 6.07 Å². The number of Topliss-reactive ketones (excluding diaryl/α,β-unsaturated/α-hetero) is 1. The average Bonchev–Trinajstić information content (AvgIpc) is 2.41. The van der Waals surface area contributed by atoms with E-state index in [9.17, 15) is 9.18 Å². The van der Waals surface area contributed by atoms with Gasteiger partial charge in [0.15, 0.2) is 5.78 Å². The van der Waals surface area contributed by atoms with Crippen LogP contribution in [0.25, 0.3) is 0 Å². The molecule has 0 bridgehead atoms. The summed E-state index contributed by atoms with van der Waals surface area (Å²) in [6, 6.07) is 4.48. The quantitative estimate of drug-likeness (QED) is 0.865. The lowest BCUT2D eigenvalue weighted by Crippen LogP contribution is -2.57. The molecule has 0 unspecified atom stereocenters. The number of nitrogens with one attached hydrogen (secondary N) is 1. The molecule has 2 rings (SSSR count). The van der Waals surface area contributed by atoms with Crippen LogP contribution in [0.4, 0.5) is 4.39 Å². The molecule has 1 fully saturated rings. The molecular weight excluding hydrogens is 311 g/mol. The summed E-state index contributed by atoms with van der Waals surface area (Å²) in [5.74, 6) is -0.635. The zero-order valence-electron chi connectivity index (χ0n) is 11.2. The lowest BCUT2D eigenvalue weighted by molar-refractivity contribution is 0.0598. The Morgan fingerprint density at radius 2 is 2.00 bits per heavy atom. The largest absolute Gasteiger partial charge is 0.314 e. The van der Waals surface area contributed by atoms with Crippen molar-refractivity contribution in [3.63, 3.8) is 0 Å². The first-order valence-corrected chi connectivity index (χ1v) is 7.18. The fourth-order valence-electron chi connectivity index (χ4n) is 2.37. The molecule has 0 atom stereocenters. The number of ketones is 1. The third-order valence-corrected chi connectivity index (χ3v) is 4.13. The molecule has 1 N–H and O–H groups in total. The Morgan fingerprint density at radius 1 is 1.37 bits per heavy atom. The molecule has 0 aromatic heterocycles. The highest BCUT2D eigenvalue weighted by Gasteiger charge is 2.36. The van der Waals surface area contributed by atoms with Crippen LogP contribution in [0.3, 0.4) is 0 Å². The van der Waals surface area contributed by atoms with E-state index in [2.05, 4.69) is 26.1 Å². The van der Waals surface area contributed by atoms with Gasteiger partial charge in [-0.15, -0.1) is 0 Å². The maximum Gasteiger partial charge on any atom is 0.185 e. The van der Waals surface area contributed by atoms with Gasteiger partial charge in [-0.2, -0.15) is 0 Å². The number of hydrogen-bond donors (Lipinski definition) is 1. The van der Waals surface area contributed by atoms with Crippen LogP contribution in [0.2, 0.25) is 0 Å². The number of rotatable bonds is 3. The van der Waals surface area contributed by atoms with Crippen molar-refractivity contribution in [3.8, 4) is 0 Å². The summed E-state index contributed by atoms with van der Waals surface area (Å²) in [6.07, 6.45) is 0. The molecular formula is C14H18BrFN2O. The van der Waals surface area contributed by atoms with E-state index in [0.29, 0.717) is 4.47 Å². The van der Waals surface area contributed by atoms with Crippen LogP contribution < -0.4 is 5.32 Å². The van der Waals surface area contributed by atoms with Crippen LogP contribution in [-0.2, 0) is 0 Å². The molecule has 0 spiro atoms. The molecule has 1 aliphatic heterocycles. The van der Waals surface area contributed by atoms with Gasteiger partial charge in [-0.1, -0.05) is 15.9 Å². The number of piperazine rings is 1. The molecule has 5 heteroatoms. The fourth-order valence-corrected chi connectivity index (χ4v) is 2.73. The minimum atomic E-state index is -0.691. The molecule has 1 saturated heterocycles. The summed E-state index contributed by atoms with van der Waals surface area (Å²) in [6.45, 7) is 7.04. The topological polar surface area (TPSA) is 32.3 Å². The van der Waals surface area contributed by atoms with Gasteiger partial charge in [0, 0.05) is 30.7 Å². The monoisotopic (exact) mass is 328 g/mol. The van der Waals surface area contributed by atoms with Gasteiger partial charge in [-0.05, 0) is 32.0 Å². The van der Waals surface area contributed by atoms with Crippen molar-refractivity contribution < 1.29 is 9.18 Å². The van der Waals surface area contributed by atoms with E-state index in [1.807, 2.05) is 13.8 Å². The summed E-state index contributed by atoms with van der Waals surface area (Å²) in [5, 5.41) is 3.25. The Bertz CT molecular complexity index is 484. The van der Waals surface area contributed by atoms with Gasteiger partial charge in [-0.25, -0.2) is 4.39 Å². The van der Waals surface area contributed by atoms with Gasteiger partial charge in [0.2, 0.25) is 0 Å². The molecule has 1 aliphatic rings. The molecule has 0 amide bonds. The Hall–Kier alpha value is -0.780. The average molecular weight is 329 g/mol. The zero-order chi connectivity index (χ0) is 14.0. The minimum absolute atomic E-state index is 0.151. The third-order valence-electron chi connectivity index (χ3n) is 3.64. The second-order valence-corrected chi connectivity index (χ2v) is 6.17. The number of carbonyl (C=O) groups is 1. The Balaban J connectivity index is 2.28. The van der Waals surface area contributed by atoms with E-state index in [-0.39, 0.29) is 11.3 Å². The minimum Gasteiger partial charge on any atom is -0.314 e. The van der Waals surface area contributed by atoms with Crippen LogP contribution >= 0.6 is 15.9 Å². The molecule has 3 nitrogen and oxygen atoms in total. The lowest BCUT2D eigenvalue weighted by atomic mass is 9.90. The second-order valence-electron chi connectivity index (χ2n) is 5.25. The standard InChI is InChI=1S/C14H18BrFN2O/c1-14(2,18-7-5-17-6-8-18)13(19)11-9-10(15)3-4-12(11)16/h3-4,9,17H,5-8H2,1-2H3. The first-order valence-electron chi connectivity index (χ1n) is 6.38. The first-order chi connectivity index (χ1) is 8.93. The van der Waals surface area contributed by atoms with Crippen LogP contribution in [0, 0.1) is 5.82 Å². The highest BCUT2D eigenvalue weighted by molar-refractivity contribution is 9.10. The van der Waals surface area contributed by atoms with Gasteiger partial charge >= 0.3 is 0 Å². The van der Waals surface area contributed by atoms with E-state index in [1.54, 1.807) is 12.1 Å². The van der Waals surface area contributed by atoms with Crippen molar-refractivity contribution in [2.75, 3.05) is 26.2 Å². The van der Waals surface area contributed by atoms with Gasteiger partial charge in [0.25, 0.3) is 0 Å². The van der Waals surface area contributed by atoms with Crippen molar-refractivity contribution in [1.29, 1.82) is 0 Å². The normalized spacial score (nSPS) is 17.5. The zero-order valence-corrected chi connectivity index (χ0v) is 12.8. The van der Waals surface area contributed by atoms with Crippen LogP contribution in [0.1, 0.15) is 24.2 Å². The first kappa shape index (κ1) is 14.6. The number of halogens is 2. The summed E-state index contributed by atoms with van der Waals surface area (Å²) >= 11 is 3.28. The molecule has 0 radical (unpaired) electrons. The van der Waals surface area contributed by atoms with E-state index in [0.717, 1.165) is 26.2 Å². The summed E-state index contributed by atoms with van der Waals surface area (Å²) in [4.78, 5) is 14.7. The van der Waals surface area contributed by atoms with Crippen LogP contribution in [0.15, 0.2) is 22.7 Å². The summed E-state index contributed by atoms with van der Waals surface area (Å²) in [5.41, 5.74) is -0.540. The Morgan fingerprint density at radius 3 is 2.63 bits per heavy atom. The van der Waals surface area contributed by atoms with Crippen molar-refractivity contribution >= 4 is 21.7 Å². The molecule has 1 heterocycles. The second kappa shape index (κ2) is 5.69. The molecule has 1 aromatic rings. The smallest absolute Gasteiger partial charge is 0.185 e. The third kappa shape index (κ3) is 3.04. The highest BCUT2D eigenvalue weighted by Crippen LogP contribution is 2.24. The van der Waals surface area contributed by atoms with Gasteiger partial charge < -0.3 is 5.32 Å². The number of nitrogens with zero attached hydrogens (tertiary/aromatic N) is 1. The maximum atomic E-state index is 13.8. The Kier molecular flexibility index (Phi) is 4.38. The van der Waals surface area contributed by atoms with Crippen LogP contribution in [-0.4, -0.2) is 42.4 Å². The molecule has 104 valence electrons. The van der Waals surface area contributed by atoms with Crippen LogP contribution in [0.5, 0.6) is 0 Å². The molecule has 1 aromatic carbocycles. The maximum absolute atomic E-state index is 13.8. The van der Waals surface area contributed by atoms with Gasteiger partial charge in [0.1, 0.15) is 5.82 Å². The van der Waals surface area contributed by atoms with Gasteiger partial charge in [-0.3, -0.25) is 9.69 Å². The molecule has 0 saturated carbocycles. The predicted octanol–water partition coefficient (Wildman–Crippen LogP) is 2.45. The summed E-state index contributed by atoms with van der Waals surface area (Å²) < 4.78 is 14.6. The van der Waals surface area contributed by atoms with Gasteiger partial charge in [0.05, 0.1) is 11.1 Å². The Labute approximate surface area is 121 Å². The van der Waals surface area contributed by atoms with Crippen molar-refractivity contribution in [2.24, 2.45) is 0 Å². The predicted molar refractivity (Wildman–Crippen MR) is 77.0 cm³/mol. The number of carbonyl (C=O) groups excluding carboxylic acids is 1. The van der Waals surface area contributed by atoms with Crippen molar-refractivity contribution in [1.82, 2.24) is 10.2 Å². The SMILES string of the molecule is CC(C)(C(=O)c1cc(Br)ccc1F)N1CCNCC1. The molecule has 19 heavy (non-hydrogen) atoms. The number of benzene rings is 1. The van der Waals surface area contributed by atoms with Crippen molar-refractivity contribution in [2.45, 2.75) is 19.4 Å². The lowest BCUT2D eigenvalue weighted by Gasteiger charge is -2.40. The van der Waals surface area contributed by atoms with Crippen molar-refractivity contribution in [3.05, 3.63) is 34.1 Å².